The van der Waals surface area contributed by atoms with Gasteiger partial charge in [0.25, 0.3) is 0 Å². The summed E-state index contributed by atoms with van der Waals surface area (Å²) >= 11 is 1.26. The summed E-state index contributed by atoms with van der Waals surface area (Å²) in [4.78, 5) is 11.7. The molecule has 0 aliphatic heterocycles. The van der Waals surface area contributed by atoms with Gasteiger partial charge in [-0.3, -0.25) is 10.1 Å². The van der Waals surface area contributed by atoms with Gasteiger partial charge in [0.15, 0.2) is 11.5 Å². The van der Waals surface area contributed by atoms with Crippen LogP contribution in [0, 0.1) is 0 Å². The fourth-order valence-corrected chi connectivity index (χ4v) is 2.17. The second-order valence-electron chi connectivity index (χ2n) is 4.14. The molecule has 1 N–H and O–H groups in total. The second-order valence-corrected chi connectivity index (χ2v) is 4.97. The maximum Gasteiger partial charge on any atom is 0.250 e. The summed E-state index contributed by atoms with van der Waals surface area (Å²) in [6.45, 7) is 4.94. The highest BCUT2D eigenvalue weighted by Crippen LogP contribution is 2.29. The lowest BCUT2D eigenvalue weighted by Gasteiger charge is -2.11. The molecule has 0 aliphatic carbocycles. The molecule has 22 heavy (non-hydrogen) atoms. The van der Waals surface area contributed by atoms with Crippen LogP contribution in [0.1, 0.15) is 19.4 Å². The molecule has 116 valence electrons. The normalized spacial score (nSPS) is 10.6. The van der Waals surface area contributed by atoms with Gasteiger partial charge in [-0.1, -0.05) is 17.4 Å². The van der Waals surface area contributed by atoms with Crippen LogP contribution in [0.4, 0.5) is 5.13 Å². The summed E-state index contributed by atoms with van der Waals surface area (Å²) in [7, 11) is 0. The van der Waals surface area contributed by atoms with Gasteiger partial charge in [0.05, 0.1) is 13.2 Å². The van der Waals surface area contributed by atoms with Gasteiger partial charge in [-0.2, -0.15) is 0 Å². The van der Waals surface area contributed by atoms with Crippen LogP contribution >= 0.6 is 11.3 Å². The fraction of sp³-hybridized carbons (Fsp3) is 0.267. The molecule has 1 amide bonds. The van der Waals surface area contributed by atoms with Gasteiger partial charge in [0.1, 0.15) is 5.51 Å². The summed E-state index contributed by atoms with van der Waals surface area (Å²) in [6, 6.07) is 5.53. The van der Waals surface area contributed by atoms with Crippen LogP contribution in [0.2, 0.25) is 0 Å². The van der Waals surface area contributed by atoms with E-state index in [-0.39, 0.29) is 5.91 Å². The van der Waals surface area contributed by atoms with E-state index in [1.54, 1.807) is 11.6 Å². The zero-order valence-corrected chi connectivity index (χ0v) is 13.2. The number of benzene rings is 1. The van der Waals surface area contributed by atoms with Crippen molar-refractivity contribution in [2.45, 2.75) is 13.8 Å². The van der Waals surface area contributed by atoms with Gasteiger partial charge >= 0.3 is 0 Å². The number of amides is 1. The Bertz CT molecular complexity index is 641. The molecule has 0 unspecified atom stereocenters. The molecule has 0 saturated heterocycles. The first-order valence-electron chi connectivity index (χ1n) is 6.87. The van der Waals surface area contributed by atoms with E-state index in [0.717, 1.165) is 5.56 Å². The summed E-state index contributed by atoms with van der Waals surface area (Å²) in [5, 5.41) is 10.5. The average molecular weight is 319 g/mol. The van der Waals surface area contributed by atoms with E-state index in [1.165, 1.54) is 17.4 Å². The van der Waals surface area contributed by atoms with Gasteiger partial charge < -0.3 is 9.47 Å². The number of rotatable bonds is 7. The van der Waals surface area contributed by atoms with Gasteiger partial charge in [0.2, 0.25) is 11.0 Å². The maximum atomic E-state index is 11.7. The molecule has 1 heterocycles. The van der Waals surface area contributed by atoms with Crippen LogP contribution in [0.25, 0.3) is 6.08 Å². The summed E-state index contributed by atoms with van der Waals surface area (Å²) < 4.78 is 11.0. The SMILES string of the molecule is CCOc1ccc(/C=C/C(=O)Nc2nncs2)cc1OCC. The predicted molar refractivity (Wildman–Crippen MR) is 86.4 cm³/mol. The van der Waals surface area contributed by atoms with Crippen LogP contribution in [0.15, 0.2) is 29.8 Å². The molecule has 0 fully saturated rings. The molecule has 1 aromatic heterocycles. The molecule has 0 aliphatic rings. The van der Waals surface area contributed by atoms with Gasteiger partial charge in [-0.15, -0.1) is 10.2 Å². The highest BCUT2D eigenvalue weighted by atomic mass is 32.1. The number of carbonyl (C=O) groups is 1. The first kappa shape index (κ1) is 16.0. The lowest BCUT2D eigenvalue weighted by atomic mass is 10.2. The summed E-state index contributed by atoms with van der Waals surface area (Å²) in [5.41, 5.74) is 2.40. The van der Waals surface area contributed by atoms with Crippen LogP contribution in [0.3, 0.4) is 0 Å². The van der Waals surface area contributed by atoms with Crippen molar-refractivity contribution in [3.63, 3.8) is 0 Å². The third-order valence-electron chi connectivity index (χ3n) is 2.58. The average Bonchev–Trinajstić information content (AvgIpc) is 3.01. The van der Waals surface area contributed by atoms with Crippen LogP contribution < -0.4 is 14.8 Å². The minimum Gasteiger partial charge on any atom is -0.490 e. The minimum absolute atomic E-state index is 0.261. The van der Waals surface area contributed by atoms with E-state index in [1.807, 2.05) is 32.0 Å². The summed E-state index contributed by atoms with van der Waals surface area (Å²) in [5.74, 6) is 1.10. The number of anilines is 1. The van der Waals surface area contributed by atoms with Crippen LogP contribution in [0.5, 0.6) is 11.5 Å². The first-order valence-corrected chi connectivity index (χ1v) is 7.75. The van der Waals surface area contributed by atoms with Gasteiger partial charge in [0, 0.05) is 6.08 Å². The lowest BCUT2D eigenvalue weighted by molar-refractivity contribution is -0.111. The standard InChI is InChI=1S/C15H17N3O3S/c1-3-20-12-7-5-11(9-13(12)21-4-2)6-8-14(19)17-15-18-16-10-22-15/h5-10H,3-4H2,1-2H3,(H,17,18,19)/b8-6+. The molecular weight excluding hydrogens is 302 g/mol. The molecule has 0 atom stereocenters. The number of nitrogens with zero attached hydrogens (tertiary/aromatic N) is 2. The zero-order valence-electron chi connectivity index (χ0n) is 12.4. The molecule has 1 aromatic carbocycles. The quantitative estimate of drug-likeness (QED) is 0.794. The van der Waals surface area contributed by atoms with E-state index < -0.39 is 0 Å². The van der Waals surface area contributed by atoms with E-state index >= 15 is 0 Å². The molecular formula is C15H17N3O3S. The van der Waals surface area contributed by atoms with Crippen molar-refractivity contribution in [2.75, 3.05) is 18.5 Å². The van der Waals surface area contributed by atoms with E-state index in [0.29, 0.717) is 29.8 Å². The van der Waals surface area contributed by atoms with Crippen molar-refractivity contribution < 1.29 is 14.3 Å². The highest BCUT2D eigenvalue weighted by molar-refractivity contribution is 7.13. The first-order chi connectivity index (χ1) is 10.7. The number of hydrogen-bond donors (Lipinski definition) is 1. The molecule has 6 nitrogen and oxygen atoms in total. The van der Waals surface area contributed by atoms with Crippen molar-refractivity contribution in [1.29, 1.82) is 0 Å². The third-order valence-corrected chi connectivity index (χ3v) is 3.19. The van der Waals surface area contributed by atoms with Crippen molar-refractivity contribution in [3.05, 3.63) is 35.3 Å². The molecule has 7 heteroatoms. The van der Waals surface area contributed by atoms with E-state index in [4.69, 9.17) is 9.47 Å². The Morgan fingerprint density at radius 3 is 2.73 bits per heavy atom. The van der Waals surface area contributed by atoms with Crippen LogP contribution in [-0.2, 0) is 4.79 Å². The van der Waals surface area contributed by atoms with E-state index in [2.05, 4.69) is 15.5 Å². The predicted octanol–water partition coefficient (Wildman–Crippen LogP) is 2.99. The highest BCUT2D eigenvalue weighted by Gasteiger charge is 2.05. The smallest absolute Gasteiger partial charge is 0.250 e. The number of aromatic nitrogens is 2. The van der Waals surface area contributed by atoms with Crippen molar-refractivity contribution in [1.82, 2.24) is 10.2 Å². The third kappa shape index (κ3) is 4.56. The molecule has 0 bridgehead atoms. The maximum absolute atomic E-state index is 11.7. The number of hydrogen-bond acceptors (Lipinski definition) is 6. The van der Waals surface area contributed by atoms with Gasteiger partial charge in [-0.05, 0) is 37.6 Å². The van der Waals surface area contributed by atoms with Gasteiger partial charge in [-0.25, -0.2) is 0 Å². The fourth-order valence-electron chi connectivity index (χ4n) is 1.72. The minimum atomic E-state index is -0.261. The monoisotopic (exact) mass is 319 g/mol. The second kappa shape index (κ2) is 8.14. The molecule has 0 spiro atoms. The van der Waals surface area contributed by atoms with Crippen molar-refractivity contribution in [2.24, 2.45) is 0 Å². The molecule has 2 rings (SSSR count). The molecule has 2 aromatic rings. The Labute approximate surface area is 132 Å². The Morgan fingerprint density at radius 1 is 1.27 bits per heavy atom. The van der Waals surface area contributed by atoms with Crippen LogP contribution in [-0.4, -0.2) is 29.3 Å². The number of ether oxygens (including phenoxy) is 2. The Morgan fingerprint density at radius 2 is 2.05 bits per heavy atom. The zero-order chi connectivity index (χ0) is 15.8. The largest absolute Gasteiger partial charge is 0.490 e. The van der Waals surface area contributed by atoms with Crippen molar-refractivity contribution >= 4 is 28.5 Å². The molecule has 0 saturated carbocycles. The Balaban J connectivity index is 2.06. The Kier molecular flexibility index (Phi) is 5.91. The molecule has 0 radical (unpaired) electrons. The number of nitrogens with one attached hydrogen (secondary N) is 1. The van der Waals surface area contributed by atoms with E-state index in [9.17, 15) is 4.79 Å². The number of carbonyl (C=O) groups excluding carboxylic acids is 1. The van der Waals surface area contributed by atoms with Crippen molar-refractivity contribution in [3.8, 4) is 11.5 Å². The lowest BCUT2D eigenvalue weighted by Crippen LogP contribution is -2.07. The topological polar surface area (TPSA) is 73.3 Å². The summed E-state index contributed by atoms with van der Waals surface area (Å²) in [6.07, 6.45) is 3.14. The Hall–Kier alpha value is -2.41.